The Kier molecular flexibility index (Phi) is 3.87. The van der Waals surface area contributed by atoms with Crippen LogP contribution >= 0.6 is 0 Å². The van der Waals surface area contributed by atoms with E-state index in [4.69, 9.17) is 0 Å². The number of benzene rings is 2. The summed E-state index contributed by atoms with van der Waals surface area (Å²) >= 11 is 0. The molecule has 1 aliphatic rings. The van der Waals surface area contributed by atoms with E-state index in [-0.39, 0.29) is 11.9 Å². The average Bonchev–Trinajstić information content (AvgIpc) is 2.94. The topological polar surface area (TPSA) is 44.9 Å². The van der Waals surface area contributed by atoms with E-state index in [0.29, 0.717) is 0 Å². The maximum atomic E-state index is 12.8. The van der Waals surface area contributed by atoms with Gasteiger partial charge in [0.2, 0.25) is 0 Å². The van der Waals surface area contributed by atoms with Gasteiger partial charge in [-0.05, 0) is 69.4 Å². The number of hydrogen-bond acceptors (Lipinski definition) is 1. The molecule has 1 aliphatic carbocycles. The average molecular weight is 332 g/mol. The van der Waals surface area contributed by atoms with E-state index in [1.165, 1.54) is 33.3 Å². The highest BCUT2D eigenvalue weighted by molar-refractivity contribution is 5.96. The molecular weight excluding hydrogens is 308 g/mol. The second-order valence-corrected chi connectivity index (χ2v) is 7.30. The smallest absolute Gasteiger partial charge is 0.252 e. The molecule has 3 nitrogen and oxygen atoms in total. The van der Waals surface area contributed by atoms with Gasteiger partial charge in [0.15, 0.2) is 0 Å². The molecule has 2 N–H and O–H groups in total. The first-order chi connectivity index (χ1) is 12.0. The third-order valence-corrected chi connectivity index (χ3v) is 5.29. The molecule has 3 aromatic rings. The number of rotatable bonds is 2. The van der Waals surface area contributed by atoms with Crippen LogP contribution in [0.1, 0.15) is 57.2 Å². The molecule has 128 valence electrons. The zero-order valence-electron chi connectivity index (χ0n) is 15.1. The number of aromatic nitrogens is 1. The van der Waals surface area contributed by atoms with Crippen LogP contribution in [-0.4, -0.2) is 10.9 Å². The van der Waals surface area contributed by atoms with Crippen molar-refractivity contribution >= 4 is 16.8 Å². The van der Waals surface area contributed by atoms with Gasteiger partial charge in [0.1, 0.15) is 0 Å². The van der Waals surface area contributed by atoms with E-state index < -0.39 is 0 Å². The normalized spacial score (nSPS) is 16.7. The van der Waals surface area contributed by atoms with Crippen molar-refractivity contribution in [3.63, 3.8) is 0 Å². The molecule has 0 spiro atoms. The monoisotopic (exact) mass is 332 g/mol. The molecule has 2 aromatic carbocycles. The first-order valence-corrected chi connectivity index (χ1v) is 9.02. The zero-order chi connectivity index (χ0) is 17.6. The van der Waals surface area contributed by atoms with E-state index in [1.807, 2.05) is 19.1 Å². The number of fused-ring (bicyclic) bond motifs is 3. The standard InChI is InChI=1S/C22H24N2O/c1-13-7-9-16(15(3)11-13)22(25)24-20-6-4-5-17-18-12-14(2)8-10-19(18)23-21(17)20/h7-12,20,23H,4-6H2,1-3H3,(H,24,25). The summed E-state index contributed by atoms with van der Waals surface area (Å²) in [6.45, 7) is 6.18. The lowest BCUT2D eigenvalue weighted by Crippen LogP contribution is -2.31. The van der Waals surface area contributed by atoms with Gasteiger partial charge in [-0.1, -0.05) is 29.3 Å². The molecule has 3 heteroatoms. The molecule has 4 rings (SSSR count). The summed E-state index contributed by atoms with van der Waals surface area (Å²) in [7, 11) is 0. The number of H-pyrrole nitrogens is 1. The lowest BCUT2D eigenvalue weighted by Gasteiger charge is -2.24. The highest BCUT2D eigenvalue weighted by Gasteiger charge is 2.26. The van der Waals surface area contributed by atoms with E-state index in [1.54, 1.807) is 0 Å². The molecule has 1 amide bonds. The fourth-order valence-electron chi connectivity index (χ4n) is 4.03. The number of hydrogen-bond donors (Lipinski definition) is 2. The molecule has 0 fully saturated rings. The van der Waals surface area contributed by atoms with Gasteiger partial charge < -0.3 is 10.3 Å². The number of nitrogens with one attached hydrogen (secondary N) is 2. The van der Waals surface area contributed by atoms with Crippen molar-refractivity contribution in [2.45, 2.75) is 46.1 Å². The zero-order valence-corrected chi connectivity index (χ0v) is 15.1. The Bertz CT molecular complexity index is 968. The van der Waals surface area contributed by atoms with E-state index in [0.717, 1.165) is 30.4 Å². The highest BCUT2D eigenvalue weighted by Crippen LogP contribution is 2.35. The molecule has 0 saturated carbocycles. The van der Waals surface area contributed by atoms with Crippen molar-refractivity contribution in [2.24, 2.45) is 0 Å². The number of aryl methyl sites for hydroxylation is 4. The van der Waals surface area contributed by atoms with Crippen LogP contribution in [0, 0.1) is 20.8 Å². The van der Waals surface area contributed by atoms with Crippen LogP contribution in [0.3, 0.4) is 0 Å². The number of aromatic amines is 1. The van der Waals surface area contributed by atoms with E-state index >= 15 is 0 Å². The van der Waals surface area contributed by atoms with Crippen LogP contribution in [0.4, 0.5) is 0 Å². The molecule has 1 aromatic heterocycles. The summed E-state index contributed by atoms with van der Waals surface area (Å²) in [6, 6.07) is 12.6. The Balaban J connectivity index is 1.67. The minimum Gasteiger partial charge on any atom is -0.356 e. The fourth-order valence-corrected chi connectivity index (χ4v) is 4.03. The molecule has 0 saturated heterocycles. The molecular formula is C22H24N2O. The Labute approximate surface area is 148 Å². The lowest BCUT2D eigenvalue weighted by atomic mass is 9.91. The Morgan fingerprint density at radius 2 is 1.84 bits per heavy atom. The van der Waals surface area contributed by atoms with Gasteiger partial charge in [0, 0.05) is 22.2 Å². The summed E-state index contributed by atoms with van der Waals surface area (Å²) in [4.78, 5) is 16.4. The summed E-state index contributed by atoms with van der Waals surface area (Å²) in [5.41, 5.74) is 7.98. The highest BCUT2D eigenvalue weighted by atomic mass is 16.1. The van der Waals surface area contributed by atoms with Gasteiger partial charge >= 0.3 is 0 Å². The van der Waals surface area contributed by atoms with Crippen molar-refractivity contribution < 1.29 is 4.79 Å². The van der Waals surface area contributed by atoms with Gasteiger partial charge in [-0.3, -0.25) is 4.79 Å². The SMILES string of the molecule is Cc1ccc(C(=O)NC2CCCc3c2[nH]c2ccc(C)cc32)c(C)c1. The van der Waals surface area contributed by atoms with Crippen LogP contribution in [0.15, 0.2) is 36.4 Å². The first-order valence-electron chi connectivity index (χ1n) is 9.02. The second kappa shape index (κ2) is 6.07. The largest absolute Gasteiger partial charge is 0.356 e. The van der Waals surface area contributed by atoms with Crippen LogP contribution in [0.5, 0.6) is 0 Å². The maximum absolute atomic E-state index is 12.8. The van der Waals surface area contributed by atoms with Crippen molar-refractivity contribution in [1.82, 2.24) is 10.3 Å². The third-order valence-electron chi connectivity index (χ3n) is 5.29. The summed E-state index contributed by atoms with van der Waals surface area (Å²) in [5.74, 6) is 0.0187. The molecule has 0 bridgehead atoms. The van der Waals surface area contributed by atoms with Gasteiger partial charge in [-0.25, -0.2) is 0 Å². The number of carbonyl (C=O) groups is 1. The minimum atomic E-state index is 0.0187. The van der Waals surface area contributed by atoms with Crippen LogP contribution < -0.4 is 5.32 Å². The number of carbonyl (C=O) groups excluding carboxylic acids is 1. The second-order valence-electron chi connectivity index (χ2n) is 7.30. The Hall–Kier alpha value is -2.55. The van der Waals surface area contributed by atoms with Crippen molar-refractivity contribution in [3.05, 3.63) is 69.9 Å². The predicted molar refractivity (Wildman–Crippen MR) is 102 cm³/mol. The first kappa shape index (κ1) is 15.9. The van der Waals surface area contributed by atoms with Crippen molar-refractivity contribution in [2.75, 3.05) is 0 Å². The van der Waals surface area contributed by atoms with Crippen LogP contribution in [0.2, 0.25) is 0 Å². The summed E-state index contributed by atoms with van der Waals surface area (Å²) in [6.07, 6.45) is 3.16. The third kappa shape index (κ3) is 2.84. The molecule has 1 atom stereocenters. The van der Waals surface area contributed by atoms with Gasteiger partial charge in [-0.15, -0.1) is 0 Å². The van der Waals surface area contributed by atoms with Gasteiger partial charge in [-0.2, -0.15) is 0 Å². The quantitative estimate of drug-likeness (QED) is 0.689. The van der Waals surface area contributed by atoms with E-state index in [9.17, 15) is 4.79 Å². The minimum absolute atomic E-state index is 0.0187. The Morgan fingerprint density at radius 3 is 2.64 bits per heavy atom. The predicted octanol–water partition coefficient (Wildman–Crippen LogP) is 4.90. The van der Waals surface area contributed by atoms with Crippen LogP contribution in [-0.2, 0) is 6.42 Å². The van der Waals surface area contributed by atoms with Crippen molar-refractivity contribution in [3.8, 4) is 0 Å². The molecule has 1 unspecified atom stereocenters. The summed E-state index contributed by atoms with van der Waals surface area (Å²) < 4.78 is 0. The number of amides is 1. The van der Waals surface area contributed by atoms with Gasteiger partial charge in [0.25, 0.3) is 5.91 Å². The maximum Gasteiger partial charge on any atom is 0.252 e. The molecule has 25 heavy (non-hydrogen) atoms. The Morgan fingerprint density at radius 1 is 1.08 bits per heavy atom. The van der Waals surface area contributed by atoms with Crippen LogP contribution in [0.25, 0.3) is 10.9 Å². The summed E-state index contributed by atoms with van der Waals surface area (Å²) in [5, 5.41) is 4.56. The molecule has 0 aliphatic heterocycles. The molecule has 0 radical (unpaired) electrons. The van der Waals surface area contributed by atoms with Gasteiger partial charge in [0.05, 0.1) is 6.04 Å². The lowest BCUT2D eigenvalue weighted by molar-refractivity contribution is 0.0931. The van der Waals surface area contributed by atoms with E-state index in [2.05, 4.69) is 48.4 Å². The van der Waals surface area contributed by atoms with Crippen molar-refractivity contribution in [1.29, 1.82) is 0 Å². The molecule has 1 heterocycles. The fraction of sp³-hybridized carbons (Fsp3) is 0.318.